The highest BCUT2D eigenvalue weighted by Gasteiger charge is 1.95. The van der Waals surface area contributed by atoms with Gasteiger partial charge in [-0.15, -0.1) is 0 Å². The molecule has 4 nitrogen and oxygen atoms in total. The predicted molar refractivity (Wildman–Crippen MR) is 92.6 cm³/mol. The number of rotatable bonds is 3. The summed E-state index contributed by atoms with van der Waals surface area (Å²) < 4.78 is 0. The first-order chi connectivity index (χ1) is 10.5. The monoisotopic (exact) mass is 296 g/mol. The first-order valence-electron chi connectivity index (χ1n) is 7.31. The smallest absolute Gasteiger partial charge is 0.0513 e. The zero-order valence-corrected chi connectivity index (χ0v) is 13.8. The molecule has 2 rings (SSSR count). The Hall–Kier alpha value is -2.29. The Balaban J connectivity index is 0.000000224. The van der Waals surface area contributed by atoms with Gasteiger partial charge in [0.25, 0.3) is 0 Å². The van der Waals surface area contributed by atoms with Crippen LogP contribution >= 0.6 is 0 Å². The van der Waals surface area contributed by atoms with E-state index in [0.29, 0.717) is 13.1 Å². The molecule has 0 bridgehead atoms. The van der Waals surface area contributed by atoms with Crippen LogP contribution in [0.3, 0.4) is 0 Å². The van der Waals surface area contributed by atoms with Crippen LogP contribution in [-0.2, 0) is 13.1 Å². The molecule has 0 aromatic heterocycles. The largest absolute Gasteiger partial charge is 0.326 e. The molecule has 2 N–H and O–H groups in total. The van der Waals surface area contributed by atoms with Crippen molar-refractivity contribution >= 4 is 0 Å². The average Bonchev–Trinajstić information content (AvgIpc) is 2.47. The Labute approximate surface area is 132 Å². The molecule has 0 unspecified atom stereocenters. The molecule has 0 fully saturated rings. The van der Waals surface area contributed by atoms with Crippen molar-refractivity contribution in [3.8, 4) is 0 Å². The van der Waals surface area contributed by atoms with E-state index in [1.54, 1.807) is 0 Å². The van der Waals surface area contributed by atoms with Crippen LogP contribution in [0, 0.1) is 27.7 Å². The van der Waals surface area contributed by atoms with Gasteiger partial charge in [0.05, 0.1) is 6.54 Å². The van der Waals surface area contributed by atoms with Crippen molar-refractivity contribution in [3.63, 3.8) is 0 Å². The maximum Gasteiger partial charge on any atom is 0.0513 e. The van der Waals surface area contributed by atoms with Gasteiger partial charge < -0.3 is 5.73 Å². The third-order valence-corrected chi connectivity index (χ3v) is 3.52. The molecule has 0 spiro atoms. The van der Waals surface area contributed by atoms with Crippen LogP contribution in [0.1, 0.15) is 33.4 Å². The van der Waals surface area contributed by atoms with Gasteiger partial charge in [-0.2, -0.15) is 0 Å². The minimum absolute atomic E-state index is 0.447. The molecule has 2 aromatic carbocycles. The molecule has 0 heterocycles. The summed E-state index contributed by atoms with van der Waals surface area (Å²) in [6.07, 6.45) is 0. The Kier molecular flexibility index (Phi) is 7.17. The molecule has 0 aliphatic rings. The molecule has 4 heteroatoms. The molecule has 0 aliphatic heterocycles. The summed E-state index contributed by atoms with van der Waals surface area (Å²) in [4.78, 5) is 2.72. The van der Waals surface area contributed by atoms with Crippen molar-refractivity contribution in [1.29, 1.82) is 0 Å². The maximum atomic E-state index is 8.13. The quantitative estimate of drug-likeness (QED) is 0.489. The third kappa shape index (κ3) is 5.60. The summed E-state index contributed by atoms with van der Waals surface area (Å²) >= 11 is 0. The van der Waals surface area contributed by atoms with Crippen LogP contribution in [0.4, 0.5) is 0 Å². The average molecular weight is 296 g/mol. The lowest BCUT2D eigenvalue weighted by Gasteiger charge is -2.02. The molecule has 0 saturated carbocycles. The first kappa shape index (κ1) is 17.8. The molecule has 0 atom stereocenters. The van der Waals surface area contributed by atoms with Crippen molar-refractivity contribution in [2.45, 2.75) is 40.8 Å². The number of hydrogen-bond donors (Lipinski definition) is 1. The SMILES string of the molecule is Cc1ccc(CN)c(C)c1.Cc1ccc(CN=[N+]=[N-])c(C)c1. The molecule has 0 amide bonds. The van der Waals surface area contributed by atoms with E-state index in [4.69, 9.17) is 11.3 Å². The fourth-order valence-electron chi connectivity index (χ4n) is 2.21. The number of aryl methyl sites for hydroxylation is 4. The normalized spacial score (nSPS) is 9.50. The van der Waals surface area contributed by atoms with Crippen LogP contribution in [-0.4, -0.2) is 0 Å². The van der Waals surface area contributed by atoms with E-state index in [-0.39, 0.29) is 0 Å². The van der Waals surface area contributed by atoms with Crippen LogP contribution in [0.2, 0.25) is 0 Å². The standard InChI is InChI=1S/C9H11N3.C9H13N/c1-7-3-4-9(6-11-12-10)8(2)5-7;1-7-3-4-9(6-10)8(2)5-7/h3-5H,6H2,1-2H3;3-5H,6,10H2,1-2H3. The Morgan fingerprint density at radius 1 is 0.909 bits per heavy atom. The number of nitrogens with zero attached hydrogens (tertiary/aromatic N) is 3. The lowest BCUT2D eigenvalue weighted by Crippen LogP contribution is -1.98. The third-order valence-electron chi connectivity index (χ3n) is 3.52. The van der Waals surface area contributed by atoms with Crippen molar-refractivity contribution in [1.82, 2.24) is 0 Å². The molecule has 0 radical (unpaired) electrons. The minimum atomic E-state index is 0.447. The fourth-order valence-corrected chi connectivity index (χ4v) is 2.21. The van der Waals surface area contributed by atoms with Gasteiger partial charge in [-0.3, -0.25) is 0 Å². The van der Waals surface area contributed by atoms with Crippen LogP contribution < -0.4 is 5.73 Å². The van der Waals surface area contributed by atoms with Gasteiger partial charge in [-0.05, 0) is 55.5 Å². The predicted octanol–water partition coefficient (Wildman–Crippen LogP) is 4.88. The van der Waals surface area contributed by atoms with E-state index in [9.17, 15) is 0 Å². The minimum Gasteiger partial charge on any atom is -0.326 e. The highest BCUT2D eigenvalue weighted by molar-refractivity contribution is 5.30. The van der Waals surface area contributed by atoms with Crippen molar-refractivity contribution in [2.75, 3.05) is 0 Å². The number of benzene rings is 2. The molecule has 2 aromatic rings. The molecule has 0 saturated heterocycles. The van der Waals surface area contributed by atoms with Gasteiger partial charge in [-0.1, -0.05) is 52.6 Å². The molecule has 0 aliphatic carbocycles. The lowest BCUT2D eigenvalue weighted by molar-refractivity contribution is 1.03. The zero-order valence-electron chi connectivity index (χ0n) is 13.8. The second kappa shape index (κ2) is 8.88. The van der Waals surface area contributed by atoms with Gasteiger partial charge in [0.1, 0.15) is 0 Å². The molecular formula is C18H24N4. The summed E-state index contributed by atoms with van der Waals surface area (Å²) in [5.41, 5.74) is 21.0. The first-order valence-corrected chi connectivity index (χ1v) is 7.31. The van der Waals surface area contributed by atoms with Crippen LogP contribution in [0.25, 0.3) is 10.4 Å². The summed E-state index contributed by atoms with van der Waals surface area (Å²) in [6, 6.07) is 12.4. The Morgan fingerprint density at radius 3 is 1.82 bits per heavy atom. The van der Waals surface area contributed by atoms with Crippen LogP contribution in [0.5, 0.6) is 0 Å². The second-order valence-corrected chi connectivity index (χ2v) is 5.45. The van der Waals surface area contributed by atoms with Crippen LogP contribution in [0.15, 0.2) is 41.5 Å². The van der Waals surface area contributed by atoms with E-state index < -0.39 is 0 Å². The Morgan fingerprint density at radius 2 is 1.41 bits per heavy atom. The number of azide groups is 1. The second-order valence-electron chi connectivity index (χ2n) is 5.45. The zero-order chi connectivity index (χ0) is 16.5. The molecule has 116 valence electrons. The summed E-state index contributed by atoms with van der Waals surface area (Å²) in [5, 5.41) is 3.51. The van der Waals surface area contributed by atoms with Gasteiger partial charge in [0, 0.05) is 11.5 Å². The van der Waals surface area contributed by atoms with Gasteiger partial charge in [0.15, 0.2) is 0 Å². The van der Waals surface area contributed by atoms with E-state index >= 15 is 0 Å². The lowest BCUT2D eigenvalue weighted by atomic mass is 10.1. The van der Waals surface area contributed by atoms with E-state index in [2.05, 4.69) is 48.1 Å². The molecular weight excluding hydrogens is 272 g/mol. The van der Waals surface area contributed by atoms with Gasteiger partial charge in [0.2, 0.25) is 0 Å². The summed E-state index contributed by atoms with van der Waals surface area (Å²) in [6.45, 7) is 9.34. The summed E-state index contributed by atoms with van der Waals surface area (Å²) in [5.74, 6) is 0. The van der Waals surface area contributed by atoms with Gasteiger partial charge in [-0.25, -0.2) is 0 Å². The fraction of sp³-hybridized carbons (Fsp3) is 0.333. The topological polar surface area (TPSA) is 74.8 Å². The Bertz CT molecular complexity index is 671. The highest BCUT2D eigenvalue weighted by atomic mass is 15.1. The van der Waals surface area contributed by atoms with E-state index in [1.165, 1.54) is 27.8 Å². The molecule has 22 heavy (non-hydrogen) atoms. The van der Waals surface area contributed by atoms with E-state index in [1.807, 2.05) is 26.0 Å². The number of nitrogens with two attached hydrogens (primary N) is 1. The van der Waals surface area contributed by atoms with Crippen molar-refractivity contribution in [3.05, 3.63) is 80.2 Å². The maximum absolute atomic E-state index is 8.13. The van der Waals surface area contributed by atoms with E-state index in [0.717, 1.165) is 5.56 Å². The number of hydrogen-bond acceptors (Lipinski definition) is 2. The van der Waals surface area contributed by atoms with Gasteiger partial charge >= 0.3 is 0 Å². The van der Waals surface area contributed by atoms with Crippen molar-refractivity contribution in [2.24, 2.45) is 10.8 Å². The summed E-state index contributed by atoms with van der Waals surface area (Å²) in [7, 11) is 0. The highest BCUT2D eigenvalue weighted by Crippen LogP contribution is 2.11. The van der Waals surface area contributed by atoms with Crippen molar-refractivity contribution < 1.29 is 0 Å².